The Labute approximate surface area is 183 Å². The highest BCUT2D eigenvalue weighted by Crippen LogP contribution is 2.41. The molecule has 0 radical (unpaired) electrons. The minimum Gasteiger partial charge on any atom is -0.384 e. The lowest BCUT2D eigenvalue weighted by Crippen LogP contribution is -2.06. The van der Waals surface area contributed by atoms with Gasteiger partial charge in [-0.25, -0.2) is 4.98 Å². The third-order valence-electron chi connectivity index (χ3n) is 6.84. The van der Waals surface area contributed by atoms with E-state index in [0.717, 1.165) is 29.3 Å². The topological polar surface area (TPSA) is 80.5 Å². The number of nitrogen functional groups attached to an aromatic ring is 1. The minimum absolute atomic E-state index is 0.241. The number of aromatic nitrogens is 4. The molecule has 1 saturated carbocycles. The van der Waals surface area contributed by atoms with Gasteiger partial charge in [-0.05, 0) is 60.3 Å². The fraction of sp³-hybridized carbons (Fsp3) is 0.346. The van der Waals surface area contributed by atoms with Crippen LogP contribution in [0.5, 0.6) is 0 Å². The van der Waals surface area contributed by atoms with Crippen LogP contribution < -0.4 is 5.73 Å². The fourth-order valence-corrected chi connectivity index (χ4v) is 5.31. The molecule has 0 saturated heterocycles. The molecule has 1 aliphatic carbocycles. The molecule has 2 aromatic carbocycles. The summed E-state index contributed by atoms with van der Waals surface area (Å²) in [5, 5.41) is 11.3. The number of fused-ring (bicyclic) bond motifs is 1. The van der Waals surface area contributed by atoms with Crippen molar-refractivity contribution in [3.8, 4) is 0 Å². The Morgan fingerprint density at radius 1 is 0.968 bits per heavy atom. The van der Waals surface area contributed by atoms with Crippen molar-refractivity contribution < 1.29 is 0 Å². The zero-order valence-electron chi connectivity index (χ0n) is 17.7. The summed E-state index contributed by atoms with van der Waals surface area (Å²) in [7, 11) is 0. The van der Waals surface area contributed by atoms with Crippen molar-refractivity contribution in [2.24, 2.45) is 5.92 Å². The van der Waals surface area contributed by atoms with E-state index >= 15 is 0 Å². The highest BCUT2D eigenvalue weighted by molar-refractivity contribution is 5.77. The molecule has 3 N–H and O–H groups in total. The summed E-state index contributed by atoms with van der Waals surface area (Å²) < 4.78 is 0. The molecule has 1 fully saturated rings. The van der Waals surface area contributed by atoms with Crippen molar-refractivity contribution in [2.75, 3.05) is 5.73 Å². The molecule has 3 atom stereocenters. The highest BCUT2D eigenvalue weighted by atomic mass is 15.3. The summed E-state index contributed by atoms with van der Waals surface area (Å²) in [5.41, 5.74) is 11.5. The van der Waals surface area contributed by atoms with Gasteiger partial charge in [0.2, 0.25) is 5.65 Å². The van der Waals surface area contributed by atoms with Gasteiger partial charge in [0.15, 0.2) is 0 Å². The van der Waals surface area contributed by atoms with Crippen molar-refractivity contribution >= 4 is 17.0 Å². The number of anilines is 1. The first-order chi connectivity index (χ1) is 15.3. The van der Waals surface area contributed by atoms with Crippen LogP contribution in [0.4, 0.5) is 5.82 Å². The molecular formula is C26H29N5. The van der Waals surface area contributed by atoms with Crippen molar-refractivity contribution in [1.29, 1.82) is 0 Å². The molecule has 158 valence electrons. The smallest absolute Gasteiger partial charge is 0.203 e. The van der Waals surface area contributed by atoms with Gasteiger partial charge in [0.05, 0.1) is 0 Å². The molecule has 4 aromatic rings. The molecule has 0 amide bonds. The first-order valence-corrected chi connectivity index (χ1v) is 11.3. The van der Waals surface area contributed by atoms with Gasteiger partial charge < -0.3 is 5.73 Å². The van der Waals surface area contributed by atoms with Crippen molar-refractivity contribution in [3.05, 3.63) is 83.4 Å². The summed E-state index contributed by atoms with van der Waals surface area (Å²) >= 11 is 0. The van der Waals surface area contributed by atoms with Crippen molar-refractivity contribution in [1.82, 2.24) is 20.4 Å². The van der Waals surface area contributed by atoms with Gasteiger partial charge in [-0.1, -0.05) is 73.5 Å². The maximum Gasteiger partial charge on any atom is 0.203 e. The number of benzene rings is 2. The molecular weight excluding hydrogens is 382 g/mol. The van der Waals surface area contributed by atoms with E-state index in [0.29, 0.717) is 11.5 Å². The molecule has 2 heterocycles. The summed E-state index contributed by atoms with van der Waals surface area (Å²) in [5.74, 6) is 2.28. The minimum atomic E-state index is 0.241. The number of nitrogens with two attached hydrogens (primary N) is 1. The lowest BCUT2D eigenvalue weighted by atomic mass is 9.85. The standard InChI is InChI=1S/C26H29N5/c27-24-17-23(25-26(28-24)30-31-29-25)22(20-11-5-2-6-12-20)13-7-8-18-14-15-21(16-18)19-9-3-1-4-10-19/h1-6,9-12,17-18,21-22H,7-8,13-16H2,(H3,27,28,29,30,31)/t18-,21+,22?/m0/s1. The van der Waals surface area contributed by atoms with E-state index < -0.39 is 0 Å². The first kappa shape index (κ1) is 19.7. The monoisotopic (exact) mass is 411 g/mol. The second-order valence-electron chi connectivity index (χ2n) is 8.81. The number of aromatic amines is 1. The molecule has 0 bridgehead atoms. The number of rotatable bonds is 7. The number of hydrogen-bond donors (Lipinski definition) is 2. The summed E-state index contributed by atoms with van der Waals surface area (Å²) in [6, 6.07) is 23.7. The van der Waals surface area contributed by atoms with Crippen molar-refractivity contribution in [3.63, 3.8) is 0 Å². The van der Waals surface area contributed by atoms with Crippen LogP contribution in [0.25, 0.3) is 11.2 Å². The van der Waals surface area contributed by atoms with Gasteiger partial charge in [0.1, 0.15) is 11.3 Å². The van der Waals surface area contributed by atoms with Crippen molar-refractivity contribution in [2.45, 2.75) is 50.4 Å². The largest absolute Gasteiger partial charge is 0.384 e. The zero-order chi connectivity index (χ0) is 21.0. The number of hydrogen-bond acceptors (Lipinski definition) is 4. The van der Waals surface area contributed by atoms with E-state index in [2.05, 4.69) is 81.1 Å². The lowest BCUT2D eigenvalue weighted by Gasteiger charge is -2.20. The van der Waals surface area contributed by atoms with E-state index in [4.69, 9.17) is 5.73 Å². The fourth-order valence-electron chi connectivity index (χ4n) is 5.31. The van der Waals surface area contributed by atoms with E-state index in [-0.39, 0.29) is 5.92 Å². The average molecular weight is 412 g/mol. The second-order valence-corrected chi connectivity index (χ2v) is 8.81. The normalized spacial score (nSPS) is 19.6. The molecule has 5 heteroatoms. The molecule has 0 spiro atoms. The molecule has 5 rings (SSSR count). The molecule has 2 aromatic heterocycles. The molecule has 31 heavy (non-hydrogen) atoms. The lowest BCUT2D eigenvalue weighted by molar-refractivity contribution is 0.459. The van der Waals surface area contributed by atoms with E-state index in [1.165, 1.54) is 43.2 Å². The first-order valence-electron chi connectivity index (χ1n) is 11.3. The summed E-state index contributed by atoms with van der Waals surface area (Å²) in [4.78, 5) is 4.33. The summed E-state index contributed by atoms with van der Waals surface area (Å²) in [6.07, 6.45) is 7.50. The van der Waals surface area contributed by atoms with E-state index in [1.54, 1.807) is 0 Å². The Balaban J connectivity index is 1.31. The molecule has 5 nitrogen and oxygen atoms in total. The number of nitrogens with one attached hydrogen (secondary N) is 1. The number of H-pyrrole nitrogens is 1. The maximum atomic E-state index is 6.11. The Kier molecular flexibility index (Phi) is 5.65. The molecule has 0 aliphatic heterocycles. The highest BCUT2D eigenvalue weighted by Gasteiger charge is 2.26. The van der Waals surface area contributed by atoms with Crippen LogP contribution in [0, 0.1) is 5.92 Å². The Hall–Kier alpha value is -3.21. The molecule has 1 aliphatic rings. The maximum absolute atomic E-state index is 6.11. The van der Waals surface area contributed by atoms with Gasteiger partial charge >= 0.3 is 0 Å². The summed E-state index contributed by atoms with van der Waals surface area (Å²) in [6.45, 7) is 0. The van der Waals surface area contributed by atoms with Gasteiger partial charge in [0.25, 0.3) is 0 Å². The van der Waals surface area contributed by atoms with Crippen LogP contribution in [0.15, 0.2) is 66.7 Å². The SMILES string of the molecule is Nc1cc(C(CCC[C@H]2CC[C@@H](c3ccccc3)C2)c2ccccc2)c2n[nH]nc2n1. The van der Waals surface area contributed by atoms with Crippen LogP contribution in [0.3, 0.4) is 0 Å². The third-order valence-corrected chi connectivity index (χ3v) is 6.84. The number of pyridine rings is 1. The van der Waals surface area contributed by atoms with Crippen LogP contribution in [0.1, 0.15) is 67.1 Å². The van der Waals surface area contributed by atoms with Crippen LogP contribution in [-0.2, 0) is 0 Å². The molecule has 1 unspecified atom stereocenters. The Morgan fingerprint density at radius 2 is 1.74 bits per heavy atom. The predicted octanol–water partition coefficient (Wildman–Crippen LogP) is 5.82. The van der Waals surface area contributed by atoms with Crippen LogP contribution in [-0.4, -0.2) is 20.4 Å². The van der Waals surface area contributed by atoms with Crippen LogP contribution >= 0.6 is 0 Å². The second kappa shape index (κ2) is 8.88. The van der Waals surface area contributed by atoms with Gasteiger partial charge in [-0.3, -0.25) is 0 Å². The van der Waals surface area contributed by atoms with E-state index in [1.807, 2.05) is 6.07 Å². The third kappa shape index (κ3) is 4.31. The van der Waals surface area contributed by atoms with Gasteiger partial charge in [0, 0.05) is 5.92 Å². The van der Waals surface area contributed by atoms with Gasteiger partial charge in [-0.15, -0.1) is 5.10 Å². The Morgan fingerprint density at radius 3 is 2.55 bits per heavy atom. The quantitative estimate of drug-likeness (QED) is 0.401. The van der Waals surface area contributed by atoms with Crippen LogP contribution in [0.2, 0.25) is 0 Å². The zero-order valence-corrected chi connectivity index (χ0v) is 17.7. The van der Waals surface area contributed by atoms with E-state index in [9.17, 15) is 0 Å². The Bertz CT molecular complexity index is 1120. The average Bonchev–Trinajstić information content (AvgIpc) is 3.47. The number of nitrogens with zero attached hydrogens (tertiary/aromatic N) is 3. The van der Waals surface area contributed by atoms with Gasteiger partial charge in [-0.2, -0.15) is 10.3 Å². The predicted molar refractivity (Wildman–Crippen MR) is 125 cm³/mol.